The van der Waals surface area contributed by atoms with Crippen molar-refractivity contribution in [3.05, 3.63) is 0 Å². The molecule has 1 rings (SSSR count). The van der Waals surface area contributed by atoms with Gasteiger partial charge in [-0.3, -0.25) is 5.32 Å². The first kappa shape index (κ1) is 4.26. The fourth-order valence-corrected chi connectivity index (χ4v) is 1.23. The molecule has 0 aromatic rings. The van der Waals surface area contributed by atoms with Crippen LogP contribution in [-0.2, 0) is 0 Å². The van der Waals surface area contributed by atoms with Gasteiger partial charge in [0.25, 0.3) is 0 Å². The van der Waals surface area contributed by atoms with Crippen molar-refractivity contribution in [1.82, 2.24) is 15.3 Å². The molecular formula is C2H9N3Si. The highest BCUT2D eigenvalue weighted by atomic mass is 28.2. The number of hydrogen-bond donors (Lipinski definition) is 3. The Bertz CT molecular complexity index is 24.3. The molecule has 1 fully saturated rings. The van der Waals surface area contributed by atoms with Crippen LogP contribution in [0.2, 0.25) is 0 Å². The van der Waals surface area contributed by atoms with Gasteiger partial charge in [0.1, 0.15) is 0 Å². The number of rotatable bonds is 0. The fourth-order valence-electron chi connectivity index (χ4n) is 0.453. The van der Waals surface area contributed by atoms with E-state index < -0.39 is 0 Å². The van der Waals surface area contributed by atoms with Crippen molar-refractivity contribution in [1.29, 1.82) is 0 Å². The first-order valence-corrected chi connectivity index (χ1v) is 3.54. The molecule has 4 heteroatoms. The SMILES string of the molecule is C1NCN[SiH2]N1. The second-order valence-electron chi connectivity index (χ2n) is 1.28. The lowest BCUT2D eigenvalue weighted by Gasteiger charge is -2.12. The van der Waals surface area contributed by atoms with E-state index in [0.29, 0.717) is 0 Å². The number of nitrogens with one attached hydrogen (secondary N) is 3. The lowest BCUT2D eigenvalue weighted by Crippen LogP contribution is -2.50. The summed E-state index contributed by atoms with van der Waals surface area (Å²) in [4.78, 5) is 6.40. The van der Waals surface area contributed by atoms with Crippen LogP contribution in [0.3, 0.4) is 0 Å². The maximum atomic E-state index is 3.20. The van der Waals surface area contributed by atoms with E-state index in [2.05, 4.69) is 15.3 Å². The molecule has 0 atom stereocenters. The van der Waals surface area contributed by atoms with E-state index in [1.165, 1.54) is 0 Å². The van der Waals surface area contributed by atoms with Crippen molar-refractivity contribution in [2.75, 3.05) is 13.3 Å². The van der Waals surface area contributed by atoms with Crippen LogP contribution >= 0.6 is 0 Å². The molecule has 0 aromatic heterocycles. The van der Waals surface area contributed by atoms with Crippen LogP contribution in [0.15, 0.2) is 0 Å². The van der Waals surface area contributed by atoms with Crippen LogP contribution in [-0.4, -0.2) is 23.2 Å². The van der Waals surface area contributed by atoms with Gasteiger partial charge in [0.15, 0.2) is 9.84 Å². The summed E-state index contributed by atoms with van der Waals surface area (Å²) < 4.78 is 0. The lowest BCUT2D eigenvalue weighted by atomic mass is 11.0. The van der Waals surface area contributed by atoms with Crippen molar-refractivity contribution >= 4 is 9.84 Å². The topological polar surface area (TPSA) is 36.1 Å². The van der Waals surface area contributed by atoms with Crippen LogP contribution in [0.1, 0.15) is 0 Å². The van der Waals surface area contributed by atoms with Gasteiger partial charge in [-0.05, 0) is 0 Å². The zero-order valence-corrected chi connectivity index (χ0v) is 5.04. The Balaban J connectivity index is 2.00. The van der Waals surface area contributed by atoms with Gasteiger partial charge in [0.05, 0.1) is 0 Å². The smallest absolute Gasteiger partial charge is 0.169 e. The van der Waals surface area contributed by atoms with Gasteiger partial charge in [-0.1, -0.05) is 0 Å². The Morgan fingerprint density at radius 3 is 2.00 bits per heavy atom. The van der Waals surface area contributed by atoms with Crippen molar-refractivity contribution < 1.29 is 0 Å². The molecule has 0 radical (unpaired) electrons. The molecule has 36 valence electrons. The highest BCUT2D eigenvalue weighted by Crippen LogP contribution is 1.53. The molecule has 0 amide bonds. The summed E-state index contributed by atoms with van der Waals surface area (Å²) in [7, 11) is -0.0540. The van der Waals surface area contributed by atoms with E-state index in [1.54, 1.807) is 0 Å². The zero-order valence-electron chi connectivity index (χ0n) is 3.62. The molecule has 1 saturated heterocycles. The average Bonchev–Trinajstić information content (AvgIpc) is 1.72. The van der Waals surface area contributed by atoms with E-state index in [9.17, 15) is 0 Å². The van der Waals surface area contributed by atoms with Gasteiger partial charge < -0.3 is 9.96 Å². The average molecular weight is 103 g/mol. The van der Waals surface area contributed by atoms with E-state index in [1.807, 2.05) is 0 Å². The van der Waals surface area contributed by atoms with Crippen molar-refractivity contribution in [3.63, 3.8) is 0 Å². The molecule has 0 spiro atoms. The summed E-state index contributed by atoms with van der Waals surface area (Å²) in [6.07, 6.45) is 0. The predicted octanol–water partition coefficient (Wildman–Crippen LogP) is -2.32. The third kappa shape index (κ3) is 1.06. The minimum Gasteiger partial charge on any atom is -0.318 e. The molecule has 1 aliphatic heterocycles. The second-order valence-corrected chi connectivity index (χ2v) is 2.63. The van der Waals surface area contributed by atoms with E-state index in [4.69, 9.17) is 0 Å². The Kier molecular flexibility index (Phi) is 1.63. The van der Waals surface area contributed by atoms with E-state index in [0.717, 1.165) is 13.3 Å². The monoisotopic (exact) mass is 103 g/mol. The van der Waals surface area contributed by atoms with E-state index >= 15 is 0 Å². The molecule has 1 heterocycles. The standard InChI is InChI=1S/C2H9N3Si/c1-3-2-5-6-4-1/h3-5H,1-2,6H2. The van der Waals surface area contributed by atoms with Gasteiger partial charge in [-0.25, -0.2) is 0 Å². The molecule has 0 unspecified atom stereocenters. The Hall–Kier alpha value is 0.0969. The van der Waals surface area contributed by atoms with Crippen LogP contribution in [0, 0.1) is 0 Å². The maximum absolute atomic E-state index is 3.20. The Labute approximate surface area is 39.5 Å². The fraction of sp³-hybridized carbons (Fsp3) is 1.00. The molecule has 3 nitrogen and oxygen atoms in total. The van der Waals surface area contributed by atoms with Crippen molar-refractivity contribution in [2.24, 2.45) is 0 Å². The van der Waals surface area contributed by atoms with Gasteiger partial charge in [0, 0.05) is 13.3 Å². The second kappa shape index (κ2) is 2.30. The summed E-state index contributed by atoms with van der Waals surface area (Å²) in [5.41, 5.74) is 0. The van der Waals surface area contributed by atoms with Gasteiger partial charge in [0.2, 0.25) is 0 Å². The van der Waals surface area contributed by atoms with Gasteiger partial charge in [-0.15, -0.1) is 0 Å². The molecule has 0 saturated carbocycles. The molecule has 3 N–H and O–H groups in total. The molecule has 0 bridgehead atoms. The first-order chi connectivity index (χ1) is 3.00. The zero-order chi connectivity index (χ0) is 4.24. The van der Waals surface area contributed by atoms with Crippen LogP contribution in [0.25, 0.3) is 0 Å². The first-order valence-electron chi connectivity index (χ1n) is 2.12. The minimum atomic E-state index is -0.0540. The van der Waals surface area contributed by atoms with Gasteiger partial charge >= 0.3 is 0 Å². The summed E-state index contributed by atoms with van der Waals surface area (Å²) in [5, 5.41) is 3.10. The normalized spacial score (nSPS) is 24.0. The summed E-state index contributed by atoms with van der Waals surface area (Å²) in [6, 6.07) is 0. The molecule has 0 aromatic carbocycles. The number of hydrogen-bond acceptors (Lipinski definition) is 3. The third-order valence-corrected chi connectivity index (χ3v) is 1.75. The van der Waals surface area contributed by atoms with Crippen molar-refractivity contribution in [2.45, 2.75) is 0 Å². The van der Waals surface area contributed by atoms with Crippen LogP contribution in [0.4, 0.5) is 0 Å². The molecule has 0 aliphatic carbocycles. The van der Waals surface area contributed by atoms with Crippen molar-refractivity contribution in [3.8, 4) is 0 Å². The van der Waals surface area contributed by atoms with Gasteiger partial charge in [-0.2, -0.15) is 0 Å². The molecule has 6 heavy (non-hydrogen) atoms. The van der Waals surface area contributed by atoms with Crippen LogP contribution < -0.4 is 15.3 Å². The molecule has 1 aliphatic rings. The largest absolute Gasteiger partial charge is 0.318 e. The highest BCUT2D eigenvalue weighted by molar-refractivity contribution is 6.28. The van der Waals surface area contributed by atoms with E-state index in [-0.39, 0.29) is 9.84 Å². The third-order valence-electron chi connectivity index (χ3n) is 0.750. The quantitative estimate of drug-likeness (QED) is 0.301. The summed E-state index contributed by atoms with van der Waals surface area (Å²) >= 11 is 0. The molecular weight excluding hydrogens is 94.1 g/mol. The summed E-state index contributed by atoms with van der Waals surface area (Å²) in [5.74, 6) is 0. The Morgan fingerprint density at radius 1 is 1.17 bits per heavy atom. The maximum Gasteiger partial charge on any atom is 0.169 e. The summed E-state index contributed by atoms with van der Waals surface area (Å²) in [6.45, 7) is 2.00. The van der Waals surface area contributed by atoms with Crippen LogP contribution in [0.5, 0.6) is 0 Å². The Morgan fingerprint density at radius 2 is 1.83 bits per heavy atom. The lowest BCUT2D eigenvalue weighted by molar-refractivity contribution is 0.615. The predicted molar refractivity (Wildman–Crippen MR) is 27.7 cm³/mol. The minimum absolute atomic E-state index is 0.0540. The highest BCUT2D eigenvalue weighted by Gasteiger charge is 1.90.